The first-order chi connectivity index (χ1) is 16.3. The summed E-state index contributed by atoms with van der Waals surface area (Å²) in [6.45, 7) is 7.27. The van der Waals surface area contributed by atoms with Gasteiger partial charge in [-0.25, -0.2) is 13.6 Å². The second kappa shape index (κ2) is 8.39. The Kier molecular flexibility index (Phi) is 5.51. The molecular weight excluding hydrogens is 466 g/mol. The monoisotopic (exact) mass is 486 g/mol. The van der Waals surface area contributed by atoms with Crippen molar-refractivity contribution < 1.29 is 18.3 Å². The highest BCUT2D eigenvalue weighted by Crippen LogP contribution is 2.46. The highest BCUT2D eigenvalue weighted by atomic mass is 35.5. The molecule has 2 aromatic carbocycles. The normalized spacial score (nSPS) is 17.6. The molecule has 0 aliphatic carbocycles. The number of hydrogen-bond donors (Lipinski definition) is 0. The standard InChI is InChI=1S/C24H21ClF2N4O3/c1-3-19(32)29-6-7-30(13(2)12-29)23-16-11-17(25)20(15-5-4-14(26)10-18(15)27)22-21(16)31(8-9-34-22)24(33)28-23/h3-5,10-11,13H,1,6-9,12H2,2H3/t13-/m0/s1. The van der Waals surface area contributed by atoms with Crippen LogP contribution in [0.5, 0.6) is 5.75 Å². The van der Waals surface area contributed by atoms with Crippen molar-refractivity contribution in [3.8, 4) is 16.9 Å². The van der Waals surface area contributed by atoms with E-state index < -0.39 is 17.3 Å². The van der Waals surface area contributed by atoms with E-state index in [0.717, 1.165) is 12.1 Å². The van der Waals surface area contributed by atoms with Gasteiger partial charge in [0.2, 0.25) is 5.91 Å². The SMILES string of the molecule is C=CC(=O)N1CCN(c2nc(=O)n3c4c(c(-c5ccc(F)cc5F)c(Cl)cc24)OCC3)[C@@H](C)C1. The average molecular weight is 487 g/mol. The summed E-state index contributed by atoms with van der Waals surface area (Å²) in [7, 11) is 0. The van der Waals surface area contributed by atoms with Crippen LogP contribution in [-0.2, 0) is 11.3 Å². The van der Waals surface area contributed by atoms with Crippen molar-refractivity contribution in [2.75, 3.05) is 31.1 Å². The molecule has 0 saturated carbocycles. The van der Waals surface area contributed by atoms with Gasteiger partial charge in [-0.05, 0) is 31.2 Å². The first-order valence-corrected chi connectivity index (χ1v) is 11.2. The third-order valence-electron chi connectivity index (χ3n) is 6.30. The van der Waals surface area contributed by atoms with Crippen LogP contribution in [0.2, 0.25) is 5.02 Å². The summed E-state index contributed by atoms with van der Waals surface area (Å²) in [5.41, 5.74) is 0.330. The first kappa shape index (κ1) is 22.3. The van der Waals surface area contributed by atoms with Crippen LogP contribution in [0, 0.1) is 11.6 Å². The van der Waals surface area contributed by atoms with Gasteiger partial charge >= 0.3 is 5.69 Å². The van der Waals surface area contributed by atoms with Gasteiger partial charge in [0.25, 0.3) is 0 Å². The largest absolute Gasteiger partial charge is 0.489 e. The van der Waals surface area contributed by atoms with E-state index in [4.69, 9.17) is 16.3 Å². The Balaban J connectivity index is 1.71. The molecule has 176 valence electrons. The van der Waals surface area contributed by atoms with Crippen LogP contribution in [0.3, 0.4) is 0 Å². The van der Waals surface area contributed by atoms with Gasteiger partial charge in [-0.2, -0.15) is 4.98 Å². The summed E-state index contributed by atoms with van der Waals surface area (Å²) >= 11 is 6.64. The maximum absolute atomic E-state index is 14.7. The zero-order valence-electron chi connectivity index (χ0n) is 18.4. The van der Waals surface area contributed by atoms with Crippen LogP contribution in [0.25, 0.3) is 22.0 Å². The number of aromatic nitrogens is 2. The molecule has 34 heavy (non-hydrogen) atoms. The zero-order chi connectivity index (χ0) is 24.1. The number of anilines is 1. The smallest absolute Gasteiger partial charge is 0.350 e. The number of carbonyl (C=O) groups excluding carboxylic acids is 1. The van der Waals surface area contributed by atoms with Crippen LogP contribution < -0.4 is 15.3 Å². The molecule has 0 spiro atoms. The van der Waals surface area contributed by atoms with Gasteiger partial charge < -0.3 is 14.5 Å². The number of piperazine rings is 1. The maximum Gasteiger partial charge on any atom is 0.350 e. The first-order valence-electron chi connectivity index (χ1n) is 10.8. The lowest BCUT2D eigenvalue weighted by Crippen LogP contribution is -2.54. The van der Waals surface area contributed by atoms with Gasteiger partial charge in [0.05, 0.1) is 17.1 Å². The predicted molar refractivity (Wildman–Crippen MR) is 125 cm³/mol. The minimum Gasteiger partial charge on any atom is -0.489 e. The van der Waals surface area contributed by atoms with E-state index in [-0.39, 0.29) is 47.0 Å². The fraction of sp³-hybridized carbons (Fsp3) is 0.292. The molecule has 3 heterocycles. The van der Waals surface area contributed by atoms with Gasteiger partial charge in [0, 0.05) is 48.3 Å². The second-order valence-corrected chi connectivity index (χ2v) is 8.74. The zero-order valence-corrected chi connectivity index (χ0v) is 19.1. The van der Waals surface area contributed by atoms with Crippen molar-refractivity contribution in [2.45, 2.75) is 19.5 Å². The van der Waals surface area contributed by atoms with Crippen molar-refractivity contribution in [1.29, 1.82) is 0 Å². The fourth-order valence-corrected chi connectivity index (χ4v) is 5.01. The quantitative estimate of drug-likeness (QED) is 0.529. The Bertz CT molecular complexity index is 1410. The lowest BCUT2D eigenvalue weighted by Gasteiger charge is -2.40. The molecule has 0 unspecified atom stereocenters. The van der Waals surface area contributed by atoms with Gasteiger partial charge in [0.1, 0.15) is 24.1 Å². The number of carbonyl (C=O) groups is 1. The summed E-state index contributed by atoms with van der Waals surface area (Å²) in [6.07, 6.45) is 1.28. The van der Waals surface area contributed by atoms with Crippen molar-refractivity contribution in [3.05, 3.63) is 64.1 Å². The lowest BCUT2D eigenvalue weighted by atomic mass is 10.00. The van der Waals surface area contributed by atoms with Crippen molar-refractivity contribution in [3.63, 3.8) is 0 Å². The van der Waals surface area contributed by atoms with E-state index in [2.05, 4.69) is 11.6 Å². The van der Waals surface area contributed by atoms with E-state index in [1.165, 1.54) is 16.7 Å². The van der Waals surface area contributed by atoms with Crippen molar-refractivity contribution in [2.24, 2.45) is 0 Å². The fourth-order valence-electron chi connectivity index (χ4n) is 4.71. The summed E-state index contributed by atoms with van der Waals surface area (Å²) in [4.78, 5) is 33.1. The van der Waals surface area contributed by atoms with Crippen molar-refractivity contribution in [1.82, 2.24) is 14.5 Å². The molecule has 1 fully saturated rings. The summed E-state index contributed by atoms with van der Waals surface area (Å²) in [6, 6.07) is 4.73. The maximum atomic E-state index is 14.7. The number of ether oxygens (including phenoxy) is 1. The summed E-state index contributed by atoms with van der Waals surface area (Å²) in [5.74, 6) is -0.966. The topological polar surface area (TPSA) is 67.7 Å². The molecular formula is C24H21ClF2N4O3. The molecule has 2 aliphatic rings. The Morgan fingerprint density at radius 2 is 2.06 bits per heavy atom. The Hall–Kier alpha value is -3.46. The third-order valence-corrected chi connectivity index (χ3v) is 6.60. The molecule has 1 atom stereocenters. The Morgan fingerprint density at radius 3 is 2.76 bits per heavy atom. The third kappa shape index (κ3) is 3.51. The van der Waals surface area contributed by atoms with Crippen LogP contribution in [0.4, 0.5) is 14.6 Å². The molecule has 10 heteroatoms. The number of nitrogens with zero attached hydrogens (tertiary/aromatic N) is 4. The summed E-state index contributed by atoms with van der Waals surface area (Å²) in [5, 5.41) is 0.775. The van der Waals surface area contributed by atoms with Crippen molar-refractivity contribution >= 4 is 34.2 Å². The van der Waals surface area contributed by atoms with E-state index in [9.17, 15) is 18.4 Å². The molecule has 0 bridgehead atoms. The Labute approximate surface area is 198 Å². The van der Waals surface area contributed by atoms with Crippen LogP contribution >= 0.6 is 11.6 Å². The van der Waals surface area contributed by atoms with E-state index in [1.807, 2.05) is 11.8 Å². The Morgan fingerprint density at radius 1 is 1.26 bits per heavy atom. The predicted octanol–water partition coefficient (Wildman–Crippen LogP) is 3.61. The molecule has 1 aromatic heterocycles. The van der Waals surface area contributed by atoms with E-state index in [0.29, 0.717) is 36.4 Å². The van der Waals surface area contributed by atoms with Crippen LogP contribution in [-0.4, -0.2) is 52.6 Å². The molecule has 7 nitrogen and oxygen atoms in total. The lowest BCUT2D eigenvalue weighted by molar-refractivity contribution is -0.126. The van der Waals surface area contributed by atoms with Gasteiger partial charge in [-0.15, -0.1) is 0 Å². The van der Waals surface area contributed by atoms with Gasteiger partial charge in [-0.3, -0.25) is 9.36 Å². The molecule has 0 N–H and O–H groups in total. The van der Waals surface area contributed by atoms with Crippen LogP contribution in [0.1, 0.15) is 6.92 Å². The minimum atomic E-state index is -0.786. The average Bonchev–Trinajstić information content (AvgIpc) is 2.81. The van der Waals surface area contributed by atoms with Gasteiger partial charge in [-0.1, -0.05) is 18.2 Å². The summed E-state index contributed by atoms with van der Waals surface area (Å²) < 4.78 is 35.6. The van der Waals surface area contributed by atoms with E-state index in [1.54, 1.807) is 11.0 Å². The molecule has 1 amide bonds. The highest BCUT2D eigenvalue weighted by Gasteiger charge is 2.31. The molecule has 3 aromatic rings. The molecule has 1 saturated heterocycles. The van der Waals surface area contributed by atoms with Gasteiger partial charge in [0.15, 0.2) is 5.75 Å². The number of halogens is 3. The number of rotatable bonds is 3. The van der Waals surface area contributed by atoms with E-state index >= 15 is 0 Å². The molecule has 0 radical (unpaired) electrons. The second-order valence-electron chi connectivity index (χ2n) is 8.33. The minimum absolute atomic E-state index is 0.0764. The highest BCUT2D eigenvalue weighted by molar-refractivity contribution is 6.35. The number of hydrogen-bond acceptors (Lipinski definition) is 5. The number of amides is 1. The van der Waals surface area contributed by atoms with Crippen LogP contribution in [0.15, 0.2) is 41.7 Å². The number of benzene rings is 2. The molecule has 2 aliphatic heterocycles. The molecule has 5 rings (SSSR count).